The van der Waals surface area contributed by atoms with Crippen LogP contribution in [0.1, 0.15) is 45.2 Å². The normalized spacial score (nSPS) is 15.2. The summed E-state index contributed by atoms with van der Waals surface area (Å²) in [6.45, 7) is 7.80. The Labute approximate surface area is 127 Å². The Morgan fingerprint density at radius 1 is 1.32 bits per heavy atom. The second-order valence-corrected chi connectivity index (χ2v) is 6.96. The molecule has 4 heteroatoms. The molecule has 0 saturated carbocycles. The molecule has 0 aromatic carbocycles. The van der Waals surface area contributed by atoms with Gasteiger partial charge in [-0.15, -0.1) is 11.3 Å². The lowest BCUT2D eigenvalue weighted by Gasteiger charge is -2.32. The molecule has 0 aliphatic rings. The molecule has 2 nitrogen and oxygen atoms in total. The molecule has 0 aliphatic carbocycles. The number of hydrogen-bond donors (Lipinski definition) is 1. The zero-order valence-electron chi connectivity index (χ0n) is 12.7. The smallest absolute Gasteiger partial charge is 0.0931 e. The van der Waals surface area contributed by atoms with E-state index >= 15 is 0 Å². The van der Waals surface area contributed by atoms with E-state index in [4.69, 9.17) is 11.6 Å². The summed E-state index contributed by atoms with van der Waals surface area (Å²) >= 11 is 7.60. The number of likely N-dealkylation sites (N-methyl/N-ethyl adjacent to an activating group) is 1. The van der Waals surface area contributed by atoms with Gasteiger partial charge in [0.2, 0.25) is 0 Å². The summed E-state index contributed by atoms with van der Waals surface area (Å²) in [6.07, 6.45) is 2.47. The highest BCUT2D eigenvalue weighted by atomic mass is 35.5. The van der Waals surface area contributed by atoms with Crippen LogP contribution in [0.3, 0.4) is 0 Å². The van der Waals surface area contributed by atoms with Crippen molar-refractivity contribution in [2.75, 3.05) is 20.6 Å². The third-order valence-electron chi connectivity index (χ3n) is 3.98. The first-order valence-corrected chi connectivity index (χ1v) is 8.39. The van der Waals surface area contributed by atoms with Gasteiger partial charge in [0.15, 0.2) is 0 Å². The van der Waals surface area contributed by atoms with Gasteiger partial charge in [0.1, 0.15) is 0 Å². The maximum Gasteiger partial charge on any atom is 0.0931 e. The minimum Gasteiger partial charge on any atom is -0.309 e. The molecule has 0 radical (unpaired) electrons. The lowest BCUT2D eigenvalue weighted by molar-refractivity contribution is 0.190. The molecule has 19 heavy (non-hydrogen) atoms. The molecule has 0 saturated heterocycles. The first kappa shape index (κ1) is 17.0. The van der Waals surface area contributed by atoms with Crippen LogP contribution < -0.4 is 5.32 Å². The fourth-order valence-electron chi connectivity index (χ4n) is 2.57. The van der Waals surface area contributed by atoms with E-state index in [9.17, 15) is 0 Å². The molecule has 2 atom stereocenters. The number of thiophene rings is 1. The molecule has 0 fully saturated rings. The lowest BCUT2D eigenvalue weighted by atomic mass is 9.93. The summed E-state index contributed by atoms with van der Waals surface area (Å²) in [5.41, 5.74) is 1.29. The Bertz CT molecular complexity index is 361. The topological polar surface area (TPSA) is 15.3 Å². The maximum absolute atomic E-state index is 6.00. The first-order valence-electron chi connectivity index (χ1n) is 7.13. The molecule has 0 aliphatic heterocycles. The average Bonchev–Trinajstić information content (AvgIpc) is 2.80. The van der Waals surface area contributed by atoms with Crippen molar-refractivity contribution in [3.63, 3.8) is 0 Å². The molecular weight excluding hydrogens is 276 g/mol. The minimum absolute atomic E-state index is 0.362. The fourth-order valence-corrected chi connectivity index (χ4v) is 3.55. The average molecular weight is 303 g/mol. The van der Waals surface area contributed by atoms with Gasteiger partial charge in [0.05, 0.1) is 4.34 Å². The Balaban J connectivity index is 2.56. The molecule has 0 bridgehead atoms. The van der Waals surface area contributed by atoms with Gasteiger partial charge in [-0.3, -0.25) is 0 Å². The Morgan fingerprint density at radius 3 is 2.37 bits per heavy atom. The zero-order chi connectivity index (χ0) is 14.4. The van der Waals surface area contributed by atoms with Gasteiger partial charge in [-0.2, -0.15) is 0 Å². The van der Waals surface area contributed by atoms with E-state index in [1.165, 1.54) is 18.4 Å². The summed E-state index contributed by atoms with van der Waals surface area (Å²) in [5, 5.41) is 5.79. The molecule has 0 amide bonds. The van der Waals surface area contributed by atoms with Crippen molar-refractivity contribution in [2.24, 2.45) is 5.92 Å². The van der Waals surface area contributed by atoms with Crippen LogP contribution in [-0.2, 0) is 0 Å². The van der Waals surface area contributed by atoms with E-state index in [1.807, 2.05) is 0 Å². The lowest BCUT2D eigenvalue weighted by Crippen LogP contribution is -2.43. The van der Waals surface area contributed by atoms with Crippen molar-refractivity contribution < 1.29 is 0 Å². The number of halogens is 1. The summed E-state index contributed by atoms with van der Waals surface area (Å²) in [4.78, 5) is 2.35. The second kappa shape index (κ2) is 8.25. The second-order valence-electron chi connectivity index (χ2n) is 5.42. The first-order chi connectivity index (χ1) is 8.99. The van der Waals surface area contributed by atoms with E-state index in [-0.39, 0.29) is 0 Å². The van der Waals surface area contributed by atoms with Gasteiger partial charge in [-0.25, -0.2) is 0 Å². The van der Waals surface area contributed by atoms with Crippen LogP contribution in [0.2, 0.25) is 4.34 Å². The highest BCUT2D eigenvalue weighted by Gasteiger charge is 2.21. The van der Waals surface area contributed by atoms with Gasteiger partial charge in [-0.1, -0.05) is 38.3 Å². The minimum atomic E-state index is 0.362. The Kier molecular flexibility index (Phi) is 7.37. The SMILES string of the molecule is CCC(CC)C(CNC(C)c1csc(Cl)c1)N(C)C. The van der Waals surface area contributed by atoms with Crippen LogP contribution in [0.15, 0.2) is 11.4 Å². The summed E-state index contributed by atoms with van der Waals surface area (Å²) in [5.74, 6) is 0.751. The summed E-state index contributed by atoms with van der Waals surface area (Å²) < 4.78 is 0.868. The summed E-state index contributed by atoms with van der Waals surface area (Å²) in [6, 6.07) is 3.01. The van der Waals surface area contributed by atoms with Gasteiger partial charge in [0.25, 0.3) is 0 Å². The van der Waals surface area contributed by atoms with Crippen LogP contribution in [0, 0.1) is 5.92 Å². The number of nitrogens with one attached hydrogen (secondary N) is 1. The Hall–Kier alpha value is -0.0900. The van der Waals surface area contributed by atoms with Crippen molar-refractivity contribution in [2.45, 2.75) is 45.7 Å². The molecule has 1 N–H and O–H groups in total. The predicted molar refractivity (Wildman–Crippen MR) is 87.3 cm³/mol. The highest BCUT2D eigenvalue weighted by Crippen LogP contribution is 2.25. The van der Waals surface area contributed by atoms with E-state index < -0.39 is 0 Å². The third kappa shape index (κ3) is 5.07. The van der Waals surface area contributed by atoms with Crippen molar-refractivity contribution >= 4 is 22.9 Å². The number of hydrogen-bond acceptors (Lipinski definition) is 3. The van der Waals surface area contributed by atoms with Crippen LogP contribution in [0.5, 0.6) is 0 Å². The monoisotopic (exact) mass is 302 g/mol. The zero-order valence-corrected chi connectivity index (χ0v) is 14.3. The summed E-state index contributed by atoms with van der Waals surface area (Å²) in [7, 11) is 4.35. The predicted octanol–water partition coefficient (Wildman–Crippen LogP) is 4.42. The maximum atomic E-state index is 6.00. The molecule has 1 aromatic rings. The molecule has 2 unspecified atom stereocenters. The standard InChI is InChI=1S/C15H27ClN2S/c1-6-12(7-2)14(18(4)5)9-17-11(3)13-8-15(16)19-10-13/h8,10-12,14,17H,6-7,9H2,1-5H3. The van der Waals surface area contributed by atoms with E-state index in [1.54, 1.807) is 11.3 Å². The molecule has 110 valence electrons. The van der Waals surface area contributed by atoms with Gasteiger partial charge >= 0.3 is 0 Å². The number of nitrogens with zero attached hydrogens (tertiary/aromatic N) is 1. The fraction of sp³-hybridized carbons (Fsp3) is 0.733. The van der Waals surface area contributed by atoms with E-state index in [2.05, 4.69) is 56.5 Å². The highest BCUT2D eigenvalue weighted by molar-refractivity contribution is 7.14. The van der Waals surface area contributed by atoms with Crippen LogP contribution >= 0.6 is 22.9 Å². The molecule has 0 spiro atoms. The third-order valence-corrected chi connectivity index (χ3v) is 5.09. The largest absolute Gasteiger partial charge is 0.309 e. The van der Waals surface area contributed by atoms with Gasteiger partial charge < -0.3 is 10.2 Å². The molecule has 1 heterocycles. The quantitative estimate of drug-likeness (QED) is 0.765. The van der Waals surface area contributed by atoms with E-state index in [0.717, 1.165) is 16.8 Å². The van der Waals surface area contributed by atoms with Crippen LogP contribution in [0.25, 0.3) is 0 Å². The van der Waals surface area contributed by atoms with Crippen molar-refractivity contribution in [3.05, 3.63) is 21.3 Å². The Morgan fingerprint density at radius 2 is 1.95 bits per heavy atom. The van der Waals surface area contributed by atoms with Crippen LogP contribution in [-0.4, -0.2) is 31.6 Å². The van der Waals surface area contributed by atoms with Crippen molar-refractivity contribution in [1.29, 1.82) is 0 Å². The number of rotatable bonds is 8. The van der Waals surface area contributed by atoms with E-state index in [0.29, 0.717) is 12.1 Å². The van der Waals surface area contributed by atoms with Crippen molar-refractivity contribution in [3.8, 4) is 0 Å². The van der Waals surface area contributed by atoms with Gasteiger partial charge in [-0.05, 0) is 43.9 Å². The molecular formula is C15H27ClN2S. The van der Waals surface area contributed by atoms with Crippen molar-refractivity contribution in [1.82, 2.24) is 10.2 Å². The van der Waals surface area contributed by atoms with Crippen LogP contribution in [0.4, 0.5) is 0 Å². The van der Waals surface area contributed by atoms with Gasteiger partial charge in [0, 0.05) is 18.6 Å². The molecule has 1 aromatic heterocycles. The molecule has 1 rings (SSSR count).